The molecule has 2 unspecified atom stereocenters. The molecule has 7 heteroatoms. The van der Waals surface area contributed by atoms with E-state index in [-0.39, 0.29) is 12.1 Å². The van der Waals surface area contributed by atoms with Gasteiger partial charge in [-0.25, -0.2) is 0 Å². The third-order valence-electron chi connectivity index (χ3n) is 6.21. The highest BCUT2D eigenvalue weighted by Crippen LogP contribution is 2.26. The van der Waals surface area contributed by atoms with Gasteiger partial charge in [-0.3, -0.25) is 9.89 Å². The maximum absolute atomic E-state index is 6.23. The van der Waals surface area contributed by atoms with Crippen molar-refractivity contribution < 1.29 is 13.9 Å². The van der Waals surface area contributed by atoms with Gasteiger partial charge in [0.2, 0.25) is 0 Å². The molecule has 4 rings (SSSR count). The van der Waals surface area contributed by atoms with E-state index < -0.39 is 0 Å². The molecule has 2 aliphatic rings. The molecule has 2 aliphatic heterocycles. The summed E-state index contributed by atoms with van der Waals surface area (Å²) >= 11 is 0. The van der Waals surface area contributed by atoms with Crippen LogP contribution in [0.25, 0.3) is 0 Å². The zero-order valence-corrected chi connectivity index (χ0v) is 19.5. The van der Waals surface area contributed by atoms with Crippen molar-refractivity contribution in [3.05, 3.63) is 53.0 Å². The molecule has 0 amide bonds. The minimum Gasteiger partial charge on any atom is -0.488 e. The van der Waals surface area contributed by atoms with Crippen LogP contribution in [0.15, 0.2) is 39.7 Å². The van der Waals surface area contributed by atoms with Gasteiger partial charge in [0, 0.05) is 32.1 Å². The maximum Gasteiger partial charge on any atom is 0.191 e. The van der Waals surface area contributed by atoms with E-state index in [0.29, 0.717) is 13.2 Å². The van der Waals surface area contributed by atoms with Gasteiger partial charge in [-0.2, -0.15) is 0 Å². The molecule has 2 atom stereocenters. The van der Waals surface area contributed by atoms with Crippen LogP contribution < -0.4 is 15.4 Å². The molecule has 2 N–H and O–H groups in total. The monoisotopic (exact) mass is 440 g/mol. The first kappa shape index (κ1) is 22.7. The van der Waals surface area contributed by atoms with E-state index in [2.05, 4.69) is 51.7 Å². The molecule has 0 spiro atoms. The summed E-state index contributed by atoms with van der Waals surface area (Å²) in [5.41, 5.74) is 2.30. The number of ether oxygens (including phenoxy) is 2. The first-order valence-electron chi connectivity index (χ1n) is 11.7. The van der Waals surface area contributed by atoms with Crippen LogP contribution in [0, 0.1) is 13.8 Å². The van der Waals surface area contributed by atoms with Gasteiger partial charge in [0.05, 0.1) is 19.3 Å². The van der Waals surface area contributed by atoms with E-state index in [1.54, 1.807) is 7.05 Å². The van der Waals surface area contributed by atoms with Gasteiger partial charge in [0.15, 0.2) is 5.96 Å². The van der Waals surface area contributed by atoms with E-state index in [1.165, 1.54) is 18.4 Å². The summed E-state index contributed by atoms with van der Waals surface area (Å²) in [5, 5.41) is 6.96. The van der Waals surface area contributed by atoms with Crippen molar-refractivity contribution in [2.75, 3.05) is 39.9 Å². The normalized spacial score (nSPS) is 20.5. The van der Waals surface area contributed by atoms with E-state index in [9.17, 15) is 0 Å². The first-order chi connectivity index (χ1) is 15.6. The summed E-state index contributed by atoms with van der Waals surface area (Å²) in [6.45, 7) is 9.10. The highest BCUT2D eigenvalue weighted by Gasteiger charge is 2.26. The molecule has 0 radical (unpaired) electrons. The number of benzene rings is 1. The SMILES string of the molecule is CN=C(NCc1ccc(C)cc1OC1CCOC1)NCC(c1ccc(C)o1)N1CCCC1. The number of aryl methyl sites for hydroxylation is 2. The summed E-state index contributed by atoms with van der Waals surface area (Å²) < 4.78 is 17.7. The average Bonchev–Trinajstić information content (AvgIpc) is 3.56. The highest BCUT2D eigenvalue weighted by molar-refractivity contribution is 5.79. The summed E-state index contributed by atoms with van der Waals surface area (Å²) in [4.78, 5) is 6.93. The molecule has 1 aromatic carbocycles. The van der Waals surface area contributed by atoms with Gasteiger partial charge in [-0.05, 0) is 63.5 Å². The number of nitrogens with one attached hydrogen (secondary N) is 2. The van der Waals surface area contributed by atoms with Crippen molar-refractivity contribution in [1.29, 1.82) is 0 Å². The lowest BCUT2D eigenvalue weighted by Gasteiger charge is -2.27. The van der Waals surface area contributed by atoms with Crippen LogP contribution in [0.3, 0.4) is 0 Å². The van der Waals surface area contributed by atoms with E-state index in [4.69, 9.17) is 13.9 Å². The Morgan fingerprint density at radius 2 is 2.03 bits per heavy atom. The van der Waals surface area contributed by atoms with Gasteiger partial charge in [0.1, 0.15) is 23.4 Å². The lowest BCUT2D eigenvalue weighted by Crippen LogP contribution is -2.42. The number of likely N-dealkylation sites (tertiary alicyclic amines) is 1. The molecule has 32 heavy (non-hydrogen) atoms. The summed E-state index contributed by atoms with van der Waals surface area (Å²) in [6.07, 6.45) is 3.55. The van der Waals surface area contributed by atoms with E-state index in [0.717, 1.165) is 61.5 Å². The number of rotatable bonds is 8. The Balaban J connectivity index is 1.37. The molecular weight excluding hydrogens is 404 g/mol. The van der Waals surface area contributed by atoms with Gasteiger partial charge >= 0.3 is 0 Å². The Morgan fingerprint density at radius 3 is 2.72 bits per heavy atom. The second kappa shape index (κ2) is 10.9. The fourth-order valence-electron chi connectivity index (χ4n) is 4.39. The molecule has 2 fully saturated rings. The number of nitrogens with zero attached hydrogens (tertiary/aromatic N) is 2. The van der Waals surface area contributed by atoms with Crippen molar-refractivity contribution in [3.8, 4) is 5.75 Å². The minimum absolute atomic E-state index is 0.131. The lowest BCUT2D eigenvalue weighted by molar-refractivity contribution is 0.140. The smallest absolute Gasteiger partial charge is 0.191 e. The second-order valence-electron chi connectivity index (χ2n) is 8.73. The van der Waals surface area contributed by atoms with Crippen LogP contribution in [0.1, 0.15) is 48.0 Å². The van der Waals surface area contributed by atoms with Crippen LogP contribution >= 0.6 is 0 Å². The Kier molecular flexibility index (Phi) is 7.71. The van der Waals surface area contributed by atoms with E-state index in [1.807, 2.05) is 13.0 Å². The predicted octanol–water partition coefficient (Wildman–Crippen LogP) is 3.57. The van der Waals surface area contributed by atoms with Crippen molar-refractivity contribution in [3.63, 3.8) is 0 Å². The Labute approximate surface area is 191 Å². The molecule has 2 aromatic rings. The van der Waals surface area contributed by atoms with Crippen molar-refractivity contribution in [2.24, 2.45) is 4.99 Å². The lowest BCUT2D eigenvalue weighted by atomic mass is 10.1. The molecule has 1 aromatic heterocycles. The standard InChI is InChI=1S/C25H36N4O3/c1-18-6-8-20(24(14-18)32-21-10-13-30-17-21)15-27-25(26-3)28-16-22(29-11-4-5-12-29)23-9-7-19(2)31-23/h6-9,14,21-22H,4-5,10-13,15-17H2,1-3H3,(H2,26,27,28). The van der Waals surface area contributed by atoms with Crippen molar-refractivity contribution in [2.45, 2.75) is 51.8 Å². The van der Waals surface area contributed by atoms with Gasteiger partial charge < -0.3 is 24.5 Å². The molecule has 3 heterocycles. The Morgan fingerprint density at radius 1 is 1.19 bits per heavy atom. The number of guanidine groups is 1. The fourth-order valence-corrected chi connectivity index (χ4v) is 4.39. The summed E-state index contributed by atoms with van der Waals surface area (Å²) in [7, 11) is 1.81. The average molecular weight is 441 g/mol. The fraction of sp³-hybridized carbons (Fsp3) is 0.560. The number of hydrogen-bond acceptors (Lipinski definition) is 5. The number of aliphatic imine (C=N–C) groups is 1. The Bertz CT molecular complexity index is 898. The molecule has 7 nitrogen and oxygen atoms in total. The minimum atomic E-state index is 0.131. The van der Waals surface area contributed by atoms with Gasteiger partial charge in [-0.15, -0.1) is 0 Å². The summed E-state index contributed by atoms with van der Waals surface area (Å²) in [5.74, 6) is 3.66. The van der Waals surface area contributed by atoms with Crippen LogP contribution in [0.4, 0.5) is 0 Å². The van der Waals surface area contributed by atoms with Crippen molar-refractivity contribution >= 4 is 5.96 Å². The second-order valence-corrected chi connectivity index (χ2v) is 8.73. The third kappa shape index (κ3) is 5.84. The van der Waals surface area contributed by atoms with Crippen LogP contribution in [0.5, 0.6) is 5.75 Å². The van der Waals surface area contributed by atoms with Gasteiger partial charge in [0.25, 0.3) is 0 Å². The topological polar surface area (TPSA) is 71.3 Å². The largest absolute Gasteiger partial charge is 0.488 e. The molecule has 2 saturated heterocycles. The van der Waals surface area contributed by atoms with Crippen LogP contribution in [-0.4, -0.2) is 56.9 Å². The zero-order valence-electron chi connectivity index (χ0n) is 19.5. The van der Waals surface area contributed by atoms with Gasteiger partial charge in [-0.1, -0.05) is 12.1 Å². The first-order valence-corrected chi connectivity index (χ1v) is 11.7. The van der Waals surface area contributed by atoms with E-state index >= 15 is 0 Å². The molecule has 174 valence electrons. The maximum atomic E-state index is 6.23. The quantitative estimate of drug-likeness (QED) is 0.483. The Hall–Kier alpha value is -2.51. The highest BCUT2D eigenvalue weighted by atomic mass is 16.5. The molecule has 0 bridgehead atoms. The predicted molar refractivity (Wildman–Crippen MR) is 126 cm³/mol. The molecular formula is C25H36N4O3. The molecule has 0 saturated carbocycles. The third-order valence-corrected chi connectivity index (χ3v) is 6.21. The summed E-state index contributed by atoms with van der Waals surface area (Å²) in [6, 6.07) is 10.7. The number of furan rings is 1. The van der Waals surface area contributed by atoms with Crippen LogP contribution in [0.2, 0.25) is 0 Å². The van der Waals surface area contributed by atoms with Crippen molar-refractivity contribution in [1.82, 2.24) is 15.5 Å². The number of hydrogen-bond donors (Lipinski definition) is 2. The van der Waals surface area contributed by atoms with Crippen LogP contribution in [-0.2, 0) is 11.3 Å². The molecule has 0 aliphatic carbocycles. The zero-order chi connectivity index (χ0) is 22.3.